The van der Waals surface area contributed by atoms with E-state index in [4.69, 9.17) is 16.3 Å². The molecule has 1 aromatic heterocycles. The number of hydrogen-bond acceptors (Lipinski definition) is 3. The summed E-state index contributed by atoms with van der Waals surface area (Å²) >= 11 is 6.01. The fourth-order valence-corrected chi connectivity index (χ4v) is 2.92. The van der Waals surface area contributed by atoms with Crippen LogP contribution in [0.25, 0.3) is 0 Å². The van der Waals surface area contributed by atoms with Gasteiger partial charge in [-0.25, -0.2) is 0 Å². The lowest BCUT2D eigenvalue weighted by molar-refractivity contribution is 0.0794. The lowest BCUT2D eigenvalue weighted by atomic mass is 10.0. The molecule has 0 spiro atoms. The Hall–Kier alpha value is -2.04. The zero-order chi connectivity index (χ0) is 16.9. The summed E-state index contributed by atoms with van der Waals surface area (Å²) in [6.07, 6.45) is 11.0. The molecule has 4 nitrogen and oxygen atoms in total. The summed E-state index contributed by atoms with van der Waals surface area (Å²) in [4.78, 5) is 2.24. The van der Waals surface area contributed by atoms with Gasteiger partial charge in [0.05, 0.1) is 12.8 Å². The van der Waals surface area contributed by atoms with Crippen LogP contribution >= 0.6 is 11.6 Å². The molecule has 0 saturated heterocycles. The highest BCUT2D eigenvalue weighted by Gasteiger charge is 2.17. The van der Waals surface area contributed by atoms with Crippen LogP contribution in [-0.2, 0) is 11.8 Å². The van der Waals surface area contributed by atoms with Crippen molar-refractivity contribution >= 4 is 11.6 Å². The molecule has 0 aliphatic carbocycles. The monoisotopic (exact) mass is 343 g/mol. The van der Waals surface area contributed by atoms with Gasteiger partial charge >= 0.3 is 0 Å². The van der Waals surface area contributed by atoms with Gasteiger partial charge in [-0.2, -0.15) is 5.10 Å². The summed E-state index contributed by atoms with van der Waals surface area (Å²) in [7, 11) is 4.02. The molecule has 5 heteroatoms. The molecule has 2 heterocycles. The Bertz CT molecular complexity index is 733. The van der Waals surface area contributed by atoms with Crippen LogP contribution in [0.15, 0.2) is 60.6 Å². The van der Waals surface area contributed by atoms with Crippen molar-refractivity contribution in [3.8, 4) is 0 Å². The second kappa shape index (κ2) is 7.69. The highest BCUT2D eigenvalue weighted by molar-refractivity contribution is 6.30. The lowest BCUT2D eigenvalue weighted by Crippen LogP contribution is -2.21. The van der Waals surface area contributed by atoms with Crippen LogP contribution in [0.3, 0.4) is 0 Å². The van der Waals surface area contributed by atoms with Crippen molar-refractivity contribution in [1.82, 2.24) is 14.7 Å². The minimum absolute atomic E-state index is 0.138. The number of benzene rings is 1. The number of aryl methyl sites for hydroxylation is 1. The normalized spacial score (nSPS) is 15.5. The van der Waals surface area contributed by atoms with Crippen LogP contribution in [0.5, 0.6) is 0 Å². The lowest BCUT2D eigenvalue weighted by Gasteiger charge is -2.24. The van der Waals surface area contributed by atoms with Gasteiger partial charge in [0.25, 0.3) is 0 Å². The van der Waals surface area contributed by atoms with E-state index in [9.17, 15) is 0 Å². The van der Waals surface area contributed by atoms with Crippen molar-refractivity contribution in [2.45, 2.75) is 12.5 Å². The number of nitrogens with zero attached hydrogens (tertiary/aromatic N) is 3. The standard InChI is InChI=1S/C19H22ClN3O/c1-22-11-4-3-5-18(22)10-12-24-19(16-13-21-23(2)14-16)15-6-8-17(20)9-7-15/h3-9,13-14,19H,10-12H2,1-2H3. The van der Waals surface area contributed by atoms with Crippen molar-refractivity contribution in [2.75, 3.05) is 20.2 Å². The average molecular weight is 344 g/mol. The van der Waals surface area contributed by atoms with Crippen molar-refractivity contribution in [2.24, 2.45) is 7.05 Å². The first-order chi connectivity index (χ1) is 11.6. The first-order valence-electron chi connectivity index (χ1n) is 8.06. The Balaban J connectivity index is 1.72. The van der Waals surface area contributed by atoms with Gasteiger partial charge in [0.1, 0.15) is 6.10 Å². The van der Waals surface area contributed by atoms with Gasteiger partial charge in [0.2, 0.25) is 0 Å². The second-order valence-corrected chi connectivity index (χ2v) is 6.40. The fraction of sp³-hybridized carbons (Fsp3) is 0.316. The third-order valence-electron chi connectivity index (χ3n) is 4.14. The predicted octanol–water partition coefficient (Wildman–Crippen LogP) is 3.96. The summed E-state index contributed by atoms with van der Waals surface area (Å²) in [5, 5.41) is 5.00. The van der Waals surface area contributed by atoms with Gasteiger partial charge in [-0.05, 0) is 23.8 Å². The van der Waals surface area contributed by atoms with Crippen LogP contribution in [0.4, 0.5) is 0 Å². The van der Waals surface area contributed by atoms with Crippen LogP contribution < -0.4 is 0 Å². The van der Waals surface area contributed by atoms with Gasteiger partial charge in [-0.15, -0.1) is 0 Å². The van der Waals surface area contributed by atoms with Crippen molar-refractivity contribution in [3.63, 3.8) is 0 Å². The van der Waals surface area contributed by atoms with E-state index < -0.39 is 0 Å². The molecule has 126 valence electrons. The van der Waals surface area contributed by atoms with Crippen molar-refractivity contribution in [3.05, 3.63) is 76.7 Å². The average Bonchev–Trinajstić information content (AvgIpc) is 3.00. The number of ether oxygens (including phenoxy) is 1. The number of aromatic nitrogens is 2. The largest absolute Gasteiger partial charge is 0.374 e. The van der Waals surface area contributed by atoms with Gasteiger partial charge in [0, 0.05) is 49.5 Å². The maximum atomic E-state index is 6.23. The summed E-state index contributed by atoms with van der Waals surface area (Å²) in [6, 6.07) is 7.81. The molecule has 1 aromatic carbocycles. The van der Waals surface area contributed by atoms with Gasteiger partial charge in [-0.3, -0.25) is 4.68 Å². The second-order valence-electron chi connectivity index (χ2n) is 5.97. The zero-order valence-electron chi connectivity index (χ0n) is 14.0. The topological polar surface area (TPSA) is 30.3 Å². The minimum atomic E-state index is -0.138. The molecular weight excluding hydrogens is 322 g/mol. The van der Waals surface area contributed by atoms with E-state index in [-0.39, 0.29) is 6.10 Å². The molecule has 0 bridgehead atoms. The molecular formula is C19H22ClN3O. The highest BCUT2D eigenvalue weighted by Crippen LogP contribution is 2.27. The molecule has 1 unspecified atom stereocenters. The SMILES string of the molecule is CN1CC=CC=C1CCOC(c1ccc(Cl)cc1)c1cnn(C)c1. The van der Waals surface area contributed by atoms with Crippen molar-refractivity contribution in [1.29, 1.82) is 0 Å². The highest BCUT2D eigenvalue weighted by atomic mass is 35.5. The molecule has 0 saturated carbocycles. The quantitative estimate of drug-likeness (QED) is 0.795. The van der Waals surface area contributed by atoms with Crippen LogP contribution in [-0.4, -0.2) is 34.9 Å². The van der Waals surface area contributed by atoms with E-state index in [1.807, 2.05) is 43.7 Å². The van der Waals surface area contributed by atoms with Crippen LogP contribution in [0.1, 0.15) is 23.7 Å². The summed E-state index contributed by atoms with van der Waals surface area (Å²) < 4.78 is 8.03. The van der Waals surface area contributed by atoms with Gasteiger partial charge in [-0.1, -0.05) is 35.9 Å². The molecule has 1 aliphatic heterocycles. The third kappa shape index (κ3) is 4.08. The maximum Gasteiger partial charge on any atom is 0.111 e. The van der Waals surface area contributed by atoms with Gasteiger partial charge < -0.3 is 9.64 Å². The molecule has 0 fully saturated rings. The first-order valence-corrected chi connectivity index (χ1v) is 8.44. The van der Waals surface area contributed by atoms with Crippen LogP contribution in [0.2, 0.25) is 5.02 Å². The molecule has 0 N–H and O–H groups in total. The van der Waals surface area contributed by atoms with Crippen LogP contribution in [0, 0.1) is 0 Å². The number of halogens is 1. The van der Waals surface area contributed by atoms with E-state index in [1.54, 1.807) is 4.68 Å². The smallest absolute Gasteiger partial charge is 0.111 e. The predicted molar refractivity (Wildman–Crippen MR) is 96.9 cm³/mol. The Morgan fingerprint density at radius 2 is 2.00 bits per heavy atom. The molecule has 0 radical (unpaired) electrons. The molecule has 3 rings (SSSR count). The Morgan fingerprint density at radius 3 is 2.67 bits per heavy atom. The number of hydrogen-bond donors (Lipinski definition) is 0. The Labute approximate surface area is 148 Å². The fourth-order valence-electron chi connectivity index (χ4n) is 2.80. The van der Waals surface area contributed by atoms with E-state index in [0.717, 1.165) is 29.1 Å². The molecule has 24 heavy (non-hydrogen) atoms. The number of rotatable bonds is 6. The third-order valence-corrected chi connectivity index (χ3v) is 4.39. The number of likely N-dealkylation sites (N-methyl/N-ethyl adjacent to an activating group) is 1. The van der Waals surface area contributed by atoms with E-state index in [1.165, 1.54) is 5.70 Å². The molecule has 0 amide bonds. The Kier molecular flexibility index (Phi) is 5.38. The zero-order valence-corrected chi connectivity index (χ0v) is 14.8. The van der Waals surface area contributed by atoms with E-state index >= 15 is 0 Å². The molecule has 1 aliphatic rings. The molecule has 2 aromatic rings. The van der Waals surface area contributed by atoms with Gasteiger partial charge in [0.15, 0.2) is 0 Å². The molecule has 1 atom stereocenters. The first kappa shape index (κ1) is 16.8. The van der Waals surface area contributed by atoms with E-state index in [0.29, 0.717) is 6.61 Å². The summed E-state index contributed by atoms with van der Waals surface area (Å²) in [5.41, 5.74) is 3.42. The summed E-state index contributed by atoms with van der Waals surface area (Å²) in [5.74, 6) is 0. The number of allylic oxidation sites excluding steroid dienone is 2. The van der Waals surface area contributed by atoms with E-state index in [2.05, 4.69) is 35.3 Å². The minimum Gasteiger partial charge on any atom is -0.374 e. The maximum absolute atomic E-state index is 6.23. The Morgan fingerprint density at radius 1 is 1.21 bits per heavy atom. The summed E-state index contributed by atoms with van der Waals surface area (Å²) in [6.45, 7) is 1.60. The van der Waals surface area contributed by atoms with Crippen molar-refractivity contribution < 1.29 is 4.74 Å².